The third-order valence-electron chi connectivity index (χ3n) is 4.27. The zero-order chi connectivity index (χ0) is 16.5. The van der Waals surface area contributed by atoms with Crippen molar-refractivity contribution in [3.63, 3.8) is 0 Å². The van der Waals surface area contributed by atoms with Gasteiger partial charge in [-0.15, -0.1) is 0 Å². The SMILES string of the molecule is CCN1CCN(CC(C)CNC(=O)NCc2cccnc2)CC1. The summed E-state index contributed by atoms with van der Waals surface area (Å²) >= 11 is 0. The molecule has 2 N–H and O–H groups in total. The number of nitrogens with one attached hydrogen (secondary N) is 2. The van der Waals surface area contributed by atoms with Gasteiger partial charge in [-0.25, -0.2) is 4.79 Å². The summed E-state index contributed by atoms with van der Waals surface area (Å²) in [4.78, 5) is 20.8. The van der Waals surface area contributed by atoms with Gasteiger partial charge in [-0.3, -0.25) is 4.98 Å². The van der Waals surface area contributed by atoms with Crippen molar-refractivity contribution in [3.05, 3.63) is 30.1 Å². The van der Waals surface area contributed by atoms with Crippen LogP contribution in [0.3, 0.4) is 0 Å². The summed E-state index contributed by atoms with van der Waals surface area (Å²) in [6.07, 6.45) is 3.49. The summed E-state index contributed by atoms with van der Waals surface area (Å²) in [5.74, 6) is 0.451. The van der Waals surface area contributed by atoms with Crippen LogP contribution in [0.5, 0.6) is 0 Å². The molecule has 1 aliphatic heterocycles. The van der Waals surface area contributed by atoms with Gasteiger partial charge in [-0.2, -0.15) is 0 Å². The van der Waals surface area contributed by atoms with Crippen LogP contribution in [0.4, 0.5) is 4.79 Å². The number of hydrogen-bond donors (Lipinski definition) is 2. The fraction of sp³-hybridized carbons (Fsp3) is 0.647. The number of nitrogens with zero attached hydrogens (tertiary/aromatic N) is 3. The molecule has 1 saturated heterocycles. The molecule has 0 spiro atoms. The molecular formula is C17H29N5O. The molecule has 1 aromatic rings. The Kier molecular flexibility index (Phi) is 7.29. The van der Waals surface area contributed by atoms with Crippen molar-refractivity contribution < 1.29 is 4.79 Å². The van der Waals surface area contributed by atoms with E-state index in [1.54, 1.807) is 12.4 Å². The van der Waals surface area contributed by atoms with Crippen molar-refractivity contribution in [2.75, 3.05) is 45.8 Å². The monoisotopic (exact) mass is 319 g/mol. The van der Waals surface area contributed by atoms with E-state index in [4.69, 9.17) is 0 Å². The second-order valence-electron chi connectivity index (χ2n) is 6.26. The third kappa shape index (κ3) is 6.54. The Hall–Kier alpha value is -1.66. The first-order chi connectivity index (χ1) is 11.2. The van der Waals surface area contributed by atoms with Crippen LogP contribution in [0, 0.1) is 5.92 Å². The molecule has 2 amide bonds. The average Bonchev–Trinajstić information content (AvgIpc) is 2.60. The Balaban J connectivity index is 1.58. The zero-order valence-electron chi connectivity index (χ0n) is 14.3. The van der Waals surface area contributed by atoms with Gasteiger partial charge in [0, 0.05) is 58.2 Å². The van der Waals surface area contributed by atoms with Crippen molar-refractivity contribution in [1.29, 1.82) is 0 Å². The number of piperazine rings is 1. The zero-order valence-corrected chi connectivity index (χ0v) is 14.3. The molecule has 1 atom stereocenters. The summed E-state index contributed by atoms with van der Waals surface area (Å²) in [6.45, 7) is 12.4. The van der Waals surface area contributed by atoms with Gasteiger partial charge in [-0.1, -0.05) is 19.9 Å². The van der Waals surface area contributed by atoms with Crippen LogP contribution in [-0.4, -0.2) is 66.6 Å². The quantitative estimate of drug-likeness (QED) is 0.792. The van der Waals surface area contributed by atoms with Crippen molar-refractivity contribution in [1.82, 2.24) is 25.4 Å². The van der Waals surface area contributed by atoms with Gasteiger partial charge in [0.05, 0.1) is 0 Å². The van der Waals surface area contributed by atoms with Crippen LogP contribution in [0.25, 0.3) is 0 Å². The largest absolute Gasteiger partial charge is 0.338 e. The lowest BCUT2D eigenvalue weighted by atomic mass is 10.1. The molecule has 128 valence electrons. The molecule has 23 heavy (non-hydrogen) atoms. The molecule has 1 aromatic heterocycles. The Morgan fingerprint density at radius 1 is 1.26 bits per heavy atom. The van der Waals surface area contributed by atoms with Crippen LogP contribution in [-0.2, 0) is 6.54 Å². The van der Waals surface area contributed by atoms with E-state index >= 15 is 0 Å². The Labute approximate surface area is 139 Å². The predicted molar refractivity (Wildman–Crippen MR) is 92.2 cm³/mol. The Morgan fingerprint density at radius 2 is 2.00 bits per heavy atom. The van der Waals surface area contributed by atoms with E-state index in [2.05, 4.69) is 39.3 Å². The smallest absolute Gasteiger partial charge is 0.315 e. The highest BCUT2D eigenvalue weighted by atomic mass is 16.2. The normalized spacial score (nSPS) is 17.7. The summed E-state index contributed by atoms with van der Waals surface area (Å²) in [7, 11) is 0. The summed E-state index contributed by atoms with van der Waals surface area (Å²) in [6, 6.07) is 3.71. The van der Waals surface area contributed by atoms with E-state index < -0.39 is 0 Å². The topological polar surface area (TPSA) is 60.5 Å². The highest BCUT2D eigenvalue weighted by Gasteiger charge is 2.17. The maximum absolute atomic E-state index is 11.8. The fourth-order valence-electron chi connectivity index (χ4n) is 2.81. The molecule has 6 heteroatoms. The number of pyridine rings is 1. The van der Waals surface area contributed by atoms with Gasteiger partial charge >= 0.3 is 6.03 Å². The second kappa shape index (κ2) is 9.47. The molecule has 0 aliphatic carbocycles. The van der Waals surface area contributed by atoms with Crippen LogP contribution >= 0.6 is 0 Å². The van der Waals surface area contributed by atoms with Crippen molar-refractivity contribution in [2.45, 2.75) is 20.4 Å². The van der Waals surface area contributed by atoms with Gasteiger partial charge in [0.15, 0.2) is 0 Å². The van der Waals surface area contributed by atoms with E-state index in [-0.39, 0.29) is 6.03 Å². The molecule has 2 heterocycles. The van der Waals surface area contributed by atoms with Crippen LogP contribution in [0.2, 0.25) is 0 Å². The van der Waals surface area contributed by atoms with Gasteiger partial charge in [0.2, 0.25) is 0 Å². The first-order valence-corrected chi connectivity index (χ1v) is 8.52. The number of aromatic nitrogens is 1. The molecule has 0 bridgehead atoms. The summed E-state index contributed by atoms with van der Waals surface area (Å²) < 4.78 is 0. The lowest BCUT2D eigenvalue weighted by molar-refractivity contribution is 0.124. The van der Waals surface area contributed by atoms with E-state index in [9.17, 15) is 4.79 Å². The highest BCUT2D eigenvalue weighted by molar-refractivity contribution is 5.73. The highest BCUT2D eigenvalue weighted by Crippen LogP contribution is 2.05. The van der Waals surface area contributed by atoms with Crippen molar-refractivity contribution in [3.8, 4) is 0 Å². The molecular weight excluding hydrogens is 290 g/mol. The molecule has 0 aromatic carbocycles. The van der Waals surface area contributed by atoms with Crippen LogP contribution < -0.4 is 10.6 Å². The third-order valence-corrected chi connectivity index (χ3v) is 4.27. The minimum atomic E-state index is -0.114. The number of rotatable bonds is 7. The van der Waals surface area contributed by atoms with Crippen LogP contribution in [0.15, 0.2) is 24.5 Å². The lowest BCUT2D eigenvalue weighted by Crippen LogP contribution is -2.48. The average molecular weight is 319 g/mol. The van der Waals surface area contributed by atoms with E-state index in [0.717, 1.165) is 44.8 Å². The van der Waals surface area contributed by atoms with Crippen molar-refractivity contribution in [2.24, 2.45) is 5.92 Å². The molecule has 0 radical (unpaired) electrons. The molecule has 1 fully saturated rings. The minimum absolute atomic E-state index is 0.114. The van der Waals surface area contributed by atoms with Gasteiger partial charge in [-0.05, 0) is 24.1 Å². The molecule has 6 nitrogen and oxygen atoms in total. The molecule has 2 rings (SSSR count). The minimum Gasteiger partial charge on any atom is -0.338 e. The van der Waals surface area contributed by atoms with E-state index in [1.165, 1.54) is 0 Å². The number of carbonyl (C=O) groups excluding carboxylic acids is 1. The fourth-order valence-corrected chi connectivity index (χ4v) is 2.81. The van der Waals surface area contributed by atoms with E-state index in [1.807, 2.05) is 12.1 Å². The van der Waals surface area contributed by atoms with Gasteiger partial charge in [0.1, 0.15) is 0 Å². The molecule has 1 unspecified atom stereocenters. The maximum Gasteiger partial charge on any atom is 0.315 e. The Morgan fingerprint density at radius 3 is 2.65 bits per heavy atom. The van der Waals surface area contributed by atoms with Gasteiger partial charge in [0.25, 0.3) is 0 Å². The first-order valence-electron chi connectivity index (χ1n) is 8.52. The first kappa shape index (κ1) is 17.7. The summed E-state index contributed by atoms with van der Waals surface area (Å²) in [5, 5.41) is 5.82. The Bertz CT molecular complexity index is 459. The maximum atomic E-state index is 11.8. The molecule has 0 saturated carbocycles. The van der Waals surface area contributed by atoms with Crippen LogP contribution in [0.1, 0.15) is 19.4 Å². The lowest BCUT2D eigenvalue weighted by Gasteiger charge is -2.35. The number of hydrogen-bond acceptors (Lipinski definition) is 4. The predicted octanol–water partition coefficient (Wildman–Crippen LogP) is 1.15. The summed E-state index contributed by atoms with van der Waals surface area (Å²) in [5.41, 5.74) is 1.00. The standard InChI is InChI=1S/C17H29N5O/c1-3-21-7-9-22(10-8-21)14-15(2)11-19-17(23)20-13-16-5-4-6-18-12-16/h4-6,12,15H,3,7-11,13-14H2,1-2H3,(H2,19,20,23). The number of urea groups is 1. The number of amides is 2. The van der Waals surface area contributed by atoms with E-state index in [0.29, 0.717) is 19.0 Å². The van der Waals surface area contributed by atoms with Crippen molar-refractivity contribution >= 4 is 6.03 Å². The second-order valence-corrected chi connectivity index (χ2v) is 6.26. The van der Waals surface area contributed by atoms with Gasteiger partial charge < -0.3 is 20.4 Å². The number of likely N-dealkylation sites (N-methyl/N-ethyl adjacent to an activating group) is 1. The number of carbonyl (C=O) groups is 1. The molecule has 1 aliphatic rings.